The Morgan fingerprint density at radius 3 is 2.21 bits per heavy atom. The van der Waals surface area contributed by atoms with Gasteiger partial charge in [-0.05, 0) is 42.3 Å². The number of aromatic nitrogens is 3. The van der Waals surface area contributed by atoms with Gasteiger partial charge in [0.2, 0.25) is 5.95 Å². The van der Waals surface area contributed by atoms with Crippen LogP contribution in [0.2, 0.25) is 0 Å². The number of anilines is 2. The Hall–Kier alpha value is -4.13. The summed E-state index contributed by atoms with van der Waals surface area (Å²) < 4.78 is 6.58. The molecule has 4 aromatic rings. The molecule has 3 aromatic carbocycles. The van der Waals surface area contributed by atoms with Gasteiger partial charge in [0.25, 0.3) is 5.91 Å². The number of ether oxygens (including phenoxy) is 1. The van der Waals surface area contributed by atoms with Gasteiger partial charge in [-0.3, -0.25) is 4.79 Å². The zero-order valence-electron chi connectivity index (χ0n) is 19.9. The highest BCUT2D eigenvalue weighted by atomic mass is 16.5. The van der Waals surface area contributed by atoms with Crippen LogP contribution in [0.15, 0.2) is 72.8 Å². The molecule has 7 nitrogen and oxygen atoms in total. The predicted octanol–water partition coefficient (Wildman–Crippen LogP) is 4.82. The first-order chi connectivity index (χ1) is 16.4. The minimum atomic E-state index is -0.165. The van der Waals surface area contributed by atoms with E-state index in [0.29, 0.717) is 18.3 Å². The smallest absolute Gasteiger partial charge is 0.254 e. The number of nitrogens with one attached hydrogen (secondary N) is 1. The zero-order valence-corrected chi connectivity index (χ0v) is 19.9. The van der Waals surface area contributed by atoms with Crippen LogP contribution in [0, 0.1) is 6.92 Å². The van der Waals surface area contributed by atoms with Crippen molar-refractivity contribution in [2.75, 3.05) is 31.4 Å². The second-order valence-corrected chi connectivity index (χ2v) is 8.37. The summed E-state index contributed by atoms with van der Waals surface area (Å²) in [6.45, 7) is 2.55. The molecule has 0 aliphatic heterocycles. The Morgan fingerprint density at radius 2 is 1.59 bits per heavy atom. The summed E-state index contributed by atoms with van der Waals surface area (Å²) in [5.41, 5.74) is 5.10. The standard InChI is InChI=1S/C27H29N5O2/c1-19-5-11-22(12-6-19)26-29-27(28-18-21-7-13-23(14-8-21)31(2)3)32(30-26)25(33)17-20-9-15-24(34-4)16-10-20/h5-16H,17-18H2,1-4H3,(H,28,29,30). The number of benzene rings is 3. The number of carbonyl (C=O) groups is 1. The molecule has 0 amide bonds. The van der Waals surface area contributed by atoms with E-state index >= 15 is 0 Å². The number of rotatable bonds is 8. The van der Waals surface area contributed by atoms with Crippen molar-refractivity contribution in [3.05, 3.63) is 89.5 Å². The molecule has 0 unspecified atom stereocenters. The van der Waals surface area contributed by atoms with Crippen molar-refractivity contribution >= 4 is 17.5 Å². The highest BCUT2D eigenvalue weighted by Crippen LogP contribution is 2.21. The van der Waals surface area contributed by atoms with E-state index in [0.717, 1.165) is 33.7 Å². The number of carbonyl (C=O) groups excluding carboxylic acids is 1. The van der Waals surface area contributed by atoms with Gasteiger partial charge in [0.05, 0.1) is 13.5 Å². The fraction of sp³-hybridized carbons (Fsp3) is 0.222. The maximum atomic E-state index is 13.2. The van der Waals surface area contributed by atoms with Crippen LogP contribution in [-0.4, -0.2) is 41.9 Å². The molecule has 4 rings (SSSR count). The van der Waals surface area contributed by atoms with E-state index in [4.69, 9.17) is 4.74 Å². The van der Waals surface area contributed by atoms with Crippen LogP contribution in [0.5, 0.6) is 5.75 Å². The minimum absolute atomic E-state index is 0.165. The average Bonchev–Trinajstić information content (AvgIpc) is 3.28. The van der Waals surface area contributed by atoms with Gasteiger partial charge in [0.1, 0.15) is 5.75 Å². The van der Waals surface area contributed by atoms with Crippen molar-refractivity contribution in [1.29, 1.82) is 0 Å². The van der Waals surface area contributed by atoms with Gasteiger partial charge in [0, 0.05) is 31.9 Å². The second-order valence-electron chi connectivity index (χ2n) is 8.37. The van der Waals surface area contributed by atoms with Crippen LogP contribution >= 0.6 is 0 Å². The van der Waals surface area contributed by atoms with Gasteiger partial charge >= 0.3 is 0 Å². The Balaban J connectivity index is 1.58. The molecule has 0 spiro atoms. The highest BCUT2D eigenvalue weighted by molar-refractivity contribution is 5.83. The van der Waals surface area contributed by atoms with Crippen LogP contribution in [0.1, 0.15) is 21.5 Å². The molecule has 0 aliphatic carbocycles. The van der Waals surface area contributed by atoms with Crippen molar-refractivity contribution in [1.82, 2.24) is 14.8 Å². The van der Waals surface area contributed by atoms with Crippen LogP contribution < -0.4 is 15.0 Å². The first-order valence-electron chi connectivity index (χ1n) is 11.1. The first kappa shape index (κ1) is 23.0. The van der Waals surface area contributed by atoms with Crippen molar-refractivity contribution in [3.8, 4) is 17.1 Å². The van der Waals surface area contributed by atoms with Gasteiger partial charge in [-0.1, -0.05) is 54.1 Å². The van der Waals surface area contributed by atoms with Gasteiger partial charge < -0.3 is 15.0 Å². The number of hydrogen-bond acceptors (Lipinski definition) is 6. The first-order valence-corrected chi connectivity index (χ1v) is 11.1. The Morgan fingerprint density at radius 1 is 0.941 bits per heavy atom. The quantitative estimate of drug-likeness (QED) is 0.411. The number of nitrogens with zero attached hydrogens (tertiary/aromatic N) is 4. The molecule has 1 aromatic heterocycles. The molecular weight excluding hydrogens is 426 g/mol. The summed E-state index contributed by atoms with van der Waals surface area (Å²) in [6.07, 6.45) is 0.201. The molecule has 174 valence electrons. The van der Waals surface area contributed by atoms with Gasteiger partial charge in [-0.25, -0.2) is 0 Å². The summed E-state index contributed by atoms with van der Waals surface area (Å²) in [6, 6.07) is 23.6. The number of hydrogen-bond donors (Lipinski definition) is 1. The van der Waals surface area contributed by atoms with Crippen molar-refractivity contribution in [2.45, 2.75) is 19.9 Å². The third-order valence-corrected chi connectivity index (χ3v) is 5.57. The molecule has 0 aliphatic rings. The highest BCUT2D eigenvalue weighted by Gasteiger charge is 2.18. The summed E-state index contributed by atoms with van der Waals surface area (Å²) in [7, 11) is 5.64. The second kappa shape index (κ2) is 10.2. The average molecular weight is 456 g/mol. The van der Waals surface area contributed by atoms with E-state index in [-0.39, 0.29) is 12.3 Å². The van der Waals surface area contributed by atoms with Gasteiger partial charge in [-0.2, -0.15) is 9.67 Å². The van der Waals surface area contributed by atoms with E-state index in [1.165, 1.54) is 4.68 Å². The molecular formula is C27H29N5O2. The summed E-state index contributed by atoms with van der Waals surface area (Å²) in [5, 5.41) is 7.85. The molecule has 0 atom stereocenters. The van der Waals surface area contributed by atoms with Crippen molar-refractivity contribution in [3.63, 3.8) is 0 Å². The Bertz CT molecular complexity index is 1240. The van der Waals surface area contributed by atoms with E-state index in [1.54, 1.807) is 7.11 Å². The molecule has 0 bridgehead atoms. The molecule has 34 heavy (non-hydrogen) atoms. The lowest BCUT2D eigenvalue weighted by Crippen LogP contribution is -2.18. The van der Waals surface area contributed by atoms with Crippen molar-refractivity contribution < 1.29 is 9.53 Å². The van der Waals surface area contributed by atoms with Crippen LogP contribution in [0.3, 0.4) is 0 Å². The molecule has 0 fully saturated rings. The summed E-state index contributed by atoms with van der Waals surface area (Å²) >= 11 is 0. The Labute approximate surface area is 200 Å². The predicted molar refractivity (Wildman–Crippen MR) is 136 cm³/mol. The fourth-order valence-corrected chi connectivity index (χ4v) is 3.51. The molecule has 0 saturated heterocycles. The normalized spacial score (nSPS) is 10.7. The summed E-state index contributed by atoms with van der Waals surface area (Å²) in [4.78, 5) is 19.9. The largest absolute Gasteiger partial charge is 0.497 e. The summed E-state index contributed by atoms with van der Waals surface area (Å²) in [5.74, 6) is 1.52. The topological polar surface area (TPSA) is 72.3 Å². The fourth-order valence-electron chi connectivity index (χ4n) is 3.51. The SMILES string of the molecule is COc1ccc(CC(=O)n2nc(-c3ccc(C)cc3)nc2NCc2ccc(N(C)C)cc2)cc1. The molecule has 1 N–H and O–H groups in total. The molecule has 0 radical (unpaired) electrons. The third kappa shape index (κ3) is 5.43. The zero-order chi connectivity index (χ0) is 24.1. The van der Waals surface area contributed by atoms with E-state index in [9.17, 15) is 4.79 Å². The van der Waals surface area contributed by atoms with Crippen LogP contribution in [-0.2, 0) is 13.0 Å². The maximum absolute atomic E-state index is 13.2. The lowest BCUT2D eigenvalue weighted by atomic mass is 10.1. The maximum Gasteiger partial charge on any atom is 0.254 e. The van der Waals surface area contributed by atoms with E-state index < -0.39 is 0 Å². The Kier molecular flexibility index (Phi) is 6.92. The lowest BCUT2D eigenvalue weighted by Gasteiger charge is -2.13. The number of aryl methyl sites for hydroxylation is 1. The third-order valence-electron chi connectivity index (χ3n) is 5.57. The molecule has 0 saturated carbocycles. The van der Waals surface area contributed by atoms with Gasteiger partial charge in [-0.15, -0.1) is 5.10 Å². The van der Waals surface area contributed by atoms with Crippen molar-refractivity contribution in [2.24, 2.45) is 0 Å². The van der Waals surface area contributed by atoms with Gasteiger partial charge in [0.15, 0.2) is 5.82 Å². The molecule has 1 heterocycles. The molecule has 7 heteroatoms. The monoisotopic (exact) mass is 455 g/mol. The number of methoxy groups -OCH3 is 1. The van der Waals surface area contributed by atoms with E-state index in [1.807, 2.05) is 69.6 Å². The van der Waals surface area contributed by atoms with Crippen LogP contribution in [0.25, 0.3) is 11.4 Å². The lowest BCUT2D eigenvalue weighted by molar-refractivity contribution is 0.0901. The van der Waals surface area contributed by atoms with Crippen LogP contribution in [0.4, 0.5) is 11.6 Å². The minimum Gasteiger partial charge on any atom is -0.497 e. The van der Waals surface area contributed by atoms with E-state index in [2.05, 4.69) is 44.6 Å².